The molecule has 1 aromatic carbocycles. The van der Waals surface area contributed by atoms with E-state index in [9.17, 15) is 9.90 Å². The Morgan fingerprint density at radius 1 is 1.33 bits per heavy atom. The molecule has 0 saturated carbocycles. The number of aromatic carboxylic acids is 1. The van der Waals surface area contributed by atoms with Crippen molar-refractivity contribution in [2.75, 3.05) is 0 Å². The number of halogens is 1. The van der Waals surface area contributed by atoms with Crippen LogP contribution in [-0.2, 0) is 5.41 Å². The molecule has 0 aromatic heterocycles. The van der Waals surface area contributed by atoms with Gasteiger partial charge in [0, 0.05) is 0 Å². The highest BCUT2D eigenvalue weighted by atomic mass is 127. The number of phenolic OH excluding ortho intramolecular Hbond substituents is 1. The van der Waals surface area contributed by atoms with Crippen molar-refractivity contribution in [1.29, 1.82) is 0 Å². The number of hydrogen-bond acceptors (Lipinski definition) is 2. The van der Waals surface area contributed by atoms with Crippen molar-refractivity contribution < 1.29 is 15.0 Å². The van der Waals surface area contributed by atoms with Crippen molar-refractivity contribution in [3.05, 3.63) is 26.8 Å². The summed E-state index contributed by atoms with van der Waals surface area (Å²) in [6, 6.07) is 2.86. The van der Waals surface area contributed by atoms with E-state index in [-0.39, 0.29) is 16.7 Å². The third-order valence-corrected chi connectivity index (χ3v) is 3.19. The van der Waals surface area contributed by atoms with E-state index in [1.807, 2.05) is 43.4 Å². The van der Waals surface area contributed by atoms with Crippen molar-refractivity contribution in [1.82, 2.24) is 0 Å². The number of rotatable bonds is 1. The lowest BCUT2D eigenvalue weighted by molar-refractivity contribution is 0.0694. The monoisotopic (exact) mass is 320 g/mol. The summed E-state index contributed by atoms with van der Waals surface area (Å²) in [6.45, 7) is 5.78. The second-order valence-corrected chi connectivity index (χ2v) is 5.46. The topological polar surface area (TPSA) is 57.5 Å². The number of aromatic hydroxyl groups is 1. The molecule has 82 valence electrons. The van der Waals surface area contributed by atoms with Crippen LogP contribution in [0.3, 0.4) is 0 Å². The summed E-state index contributed by atoms with van der Waals surface area (Å²) in [7, 11) is 0. The lowest BCUT2D eigenvalue weighted by Crippen LogP contribution is -2.18. The Morgan fingerprint density at radius 3 is 2.27 bits per heavy atom. The van der Waals surface area contributed by atoms with Gasteiger partial charge in [0.1, 0.15) is 5.75 Å². The fourth-order valence-electron chi connectivity index (χ4n) is 1.48. The number of carboxylic acid groups (broad SMARTS) is 1. The zero-order valence-corrected chi connectivity index (χ0v) is 11.0. The van der Waals surface area contributed by atoms with Gasteiger partial charge in [-0.1, -0.05) is 20.8 Å². The first-order valence-electron chi connectivity index (χ1n) is 4.50. The Hall–Kier alpha value is -0.780. The normalized spacial score (nSPS) is 11.5. The lowest BCUT2D eigenvalue weighted by atomic mass is 9.83. The van der Waals surface area contributed by atoms with E-state index in [1.54, 1.807) is 0 Å². The third kappa shape index (κ3) is 2.42. The Morgan fingerprint density at radius 2 is 1.87 bits per heavy atom. The first-order chi connectivity index (χ1) is 6.75. The van der Waals surface area contributed by atoms with E-state index >= 15 is 0 Å². The molecule has 3 nitrogen and oxygen atoms in total. The van der Waals surface area contributed by atoms with Crippen LogP contribution >= 0.6 is 22.6 Å². The molecule has 0 aliphatic carbocycles. The molecular formula is C11H13IO3. The van der Waals surface area contributed by atoms with Crippen molar-refractivity contribution >= 4 is 28.6 Å². The molecule has 0 heterocycles. The third-order valence-electron chi connectivity index (χ3n) is 2.10. The van der Waals surface area contributed by atoms with Crippen LogP contribution in [0.4, 0.5) is 0 Å². The fourth-order valence-corrected chi connectivity index (χ4v) is 2.76. The fraction of sp³-hybridized carbons (Fsp3) is 0.364. The zero-order valence-electron chi connectivity index (χ0n) is 8.84. The van der Waals surface area contributed by atoms with Gasteiger partial charge in [0.05, 0.1) is 9.13 Å². The van der Waals surface area contributed by atoms with Crippen LogP contribution in [0.25, 0.3) is 0 Å². The van der Waals surface area contributed by atoms with Gasteiger partial charge in [-0.3, -0.25) is 0 Å². The van der Waals surface area contributed by atoms with Crippen molar-refractivity contribution in [2.24, 2.45) is 0 Å². The molecule has 0 atom stereocenters. The van der Waals surface area contributed by atoms with Crippen LogP contribution in [0.2, 0.25) is 0 Å². The second-order valence-electron chi connectivity index (χ2n) is 4.38. The summed E-state index contributed by atoms with van der Waals surface area (Å²) in [5, 5.41) is 18.6. The van der Waals surface area contributed by atoms with E-state index in [0.29, 0.717) is 9.13 Å². The van der Waals surface area contributed by atoms with Gasteiger partial charge in [0.15, 0.2) is 0 Å². The highest BCUT2D eigenvalue weighted by molar-refractivity contribution is 14.1. The summed E-state index contributed by atoms with van der Waals surface area (Å²) >= 11 is 1.98. The maximum atomic E-state index is 11.0. The smallest absolute Gasteiger partial charge is 0.336 e. The minimum atomic E-state index is -0.960. The summed E-state index contributed by atoms with van der Waals surface area (Å²) in [5.41, 5.74) is 0.628. The van der Waals surface area contributed by atoms with Crippen LogP contribution in [0.5, 0.6) is 5.75 Å². The SMILES string of the molecule is CC(C)(C)c1c(C(=O)O)ccc(O)c1I. The number of phenols is 1. The highest BCUT2D eigenvalue weighted by Crippen LogP contribution is 2.35. The van der Waals surface area contributed by atoms with Crippen molar-refractivity contribution in [3.63, 3.8) is 0 Å². The standard InChI is InChI=1S/C11H13IO3/c1-11(2,3)8-6(10(14)15)4-5-7(13)9(8)12/h4-5,13H,1-3H3,(H,14,15). The van der Waals surface area contributed by atoms with E-state index in [2.05, 4.69) is 0 Å². The van der Waals surface area contributed by atoms with Gasteiger partial charge in [-0.2, -0.15) is 0 Å². The summed E-state index contributed by atoms with van der Waals surface area (Å²) in [5.74, 6) is -0.830. The van der Waals surface area contributed by atoms with Gasteiger partial charge in [0.25, 0.3) is 0 Å². The lowest BCUT2D eigenvalue weighted by Gasteiger charge is -2.23. The zero-order chi connectivity index (χ0) is 11.8. The van der Waals surface area contributed by atoms with Crippen molar-refractivity contribution in [2.45, 2.75) is 26.2 Å². The molecule has 0 saturated heterocycles. The average Bonchev–Trinajstić information content (AvgIpc) is 2.06. The maximum absolute atomic E-state index is 11.0. The molecule has 0 unspecified atom stereocenters. The van der Waals surface area contributed by atoms with Crippen LogP contribution in [0.15, 0.2) is 12.1 Å². The Bertz CT molecular complexity index is 405. The Labute approximate surface area is 102 Å². The van der Waals surface area contributed by atoms with E-state index < -0.39 is 5.97 Å². The minimum absolute atomic E-state index is 0.130. The van der Waals surface area contributed by atoms with Crippen LogP contribution in [-0.4, -0.2) is 16.2 Å². The molecule has 15 heavy (non-hydrogen) atoms. The summed E-state index contributed by atoms with van der Waals surface area (Å²) < 4.78 is 0.611. The molecule has 0 radical (unpaired) electrons. The predicted octanol–water partition coefficient (Wildman–Crippen LogP) is 2.99. The van der Waals surface area contributed by atoms with Gasteiger partial charge in [-0.25, -0.2) is 4.79 Å². The molecule has 0 aliphatic heterocycles. The average molecular weight is 320 g/mol. The summed E-state index contributed by atoms with van der Waals surface area (Å²) in [6.07, 6.45) is 0. The van der Waals surface area contributed by atoms with Gasteiger partial charge in [-0.05, 0) is 45.7 Å². The van der Waals surface area contributed by atoms with Crippen LogP contribution in [0.1, 0.15) is 36.7 Å². The molecule has 1 aromatic rings. The van der Waals surface area contributed by atoms with E-state index in [0.717, 1.165) is 0 Å². The van der Waals surface area contributed by atoms with Gasteiger partial charge in [0.2, 0.25) is 0 Å². The molecule has 0 bridgehead atoms. The van der Waals surface area contributed by atoms with Crippen molar-refractivity contribution in [3.8, 4) is 5.75 Å². The Balaban J connectivity index is 3.57. The first kappa shape index (κ1) is 12.3. The molecule has 0 fully saturated rings. The molecule has 0 amide bonds. The van der Waals surface area contributed by atoms with Crippen LogP contribution < -0.4 is 0 Å². The molecule has 0 aliphatic rings. The molecule has 1 rings (SSSR count). The minimum Gasteiger partial charge on any atom is -0.507 e. The maximum Gasteiger partial charge on any atom is 0.336 e. The summed E-state index contributed by atoms with van der Waals surface area (Å²) in [4.78, 5) is 11.0. The van der Waals surface area contributed by atoms with Gasteiger partial charge in [-0.15, -0.1) is 0 Å². The second kappa shape index (κ2) is 4.00. The van der Waals surface area contributed by atoms with E-state index in [4.69, 9.17) is 5.11 Å². The molecule has 4 heteroatoms. The van der Waals surface area contributed by atoms with Gasteiger partial charge >= 0.3 is 5.97 Å². The van der Waals surface area contributed by atoms with E-state index in [1.165, 1.54) is 12.1 Å². The first-order valence-corrected chi connectivity index (χ1v) is 5.58. The number of carbonyl (C=O) groups is 1. The molecular weight excluding hydrogens is 307 g/mol. The number of carboxylic acids is 1. The molecule has 0 spiro atoms. The van der Waals surface area contributed by atoms with Crippen LogP contribution in [0, 0.1) is 3.57 Å². The number of hydrogen-bond donors (Lipinski definition) is 2. The molecule has 2 N–H and O–H groups in total. The largest absolute Gasteiger partial charge is 0.507 e. The quantitative estimate of drug-likeness (QED) is 0.782. The highest BCUT2D eigenvalue weighted by Gasteiger charge is 2.25. The Kier molecular flexibility index (Phi) is 3.28. The number of benzene rings is 1. The predicted molar refractivity (Wildman–Crippen MR) is 66.5 cm³/mol. The van der Waals surface area contributed by atoms with Gasteiger partial charge < -0.3 is 10.2 Å².